The van der Waals surface area contributed by atoms with Crippen LogP contribution in [-0.2, 0) is 0 Å². The summed E-state index contributed by atoms with van der Waals surface area (Å²) >= 11 is 0. The molecule has 0 saturated heterocycles. The van der Waals surface area contributed by atoms with E-state index in [4.69, 9.17) is 15.9 Å². The Balaban J connectivity index is 2.05. The van der Waals surface area contributed by atoms with Gasteiger partial charge in [-0.2, -0.15) is 0 Å². The maximum absolute atomic E-state index is 7.47. The largest absolute Gasteiger partial charge is 0.490 e. The SMILES string of the molecule is Cc1cc(OC2CCCCCC2)ccc1C(=N)N. The zero-order valence-corrected chi connectivity index (χ0v) is 11.0. The van der Waals surface area contributed by atoms with E-state index in [2.05, 4.69) is 0 Å². The van der Waals surface area contributed by atoms with Gasteiger partial charge in [0.1, 0.15) is 11.6 Å². The number of aryl methyl sites for hydroxylation is 1. The molecule has 3 N–H and O–H groups in total. The molecule has 1 aromatic carbocycles. The van der Waals surface area contributed by atoms with Gasteiger partial charge in [0.15, 0.2) is 0 Å². The molecular weight excluding hydrogens is 224 g/mol. The lowest BCUT2D eigenvalue weighted by Crippen LogP contribution is -2.16. The van der Waals surface area contributed by atoms with Gasteiger partial charge in [-0.3, -0.25) is 5.41 Å². The van der Waals surface area contributed by atoms with E-state index in [1.54, 1.807) is 0 Å². The van der Waals surface area contributed by atoms with Crippen LogP contribution < -0.4 is 10.5 Å². The van der Waals surface area contributed by atoms with Gasteiger partial charge in [-0.05, 0) is 56.4 Å². The van der Waals surface area contributed by atoms with Crippen LogP contribution in [0.15, 0.2) is 18.2 Å². The highest BCUT2D eigenvalue weighted by atomic mass is 16.5. The smallest absolute Gasteiger partial charge is 0.123 e. The van der Waals surface area contributed by atoms with Crippen LogP contribution in [0.5, 0.6) is 5.75 Å². The standard InChI is InChI=1S/C15H22N2O/c1-11-10-13(8-9-14(11)15(16)17)18-12-6-4-2-3-5-7-12/h8-10,12H,2-7H2,1H3,(H3,16,17). The Labute approximate surface area is 109 Å². The van der Waals surface area contributed by atoms with Crippen LogP contribution in [0, 0.1) is 12.3 Å². The van der Waals surface area contributed by atoms with Crippen molar-refractivity contribution in [2.45, 2.75) is 51.6 Å². The molecule has 0 radical (unpaired) electrons. The monoisotopic (exact) mass is 246 g/mol. The summed E-state index contributed by atoms with van der Waals surface area (Å²) in [7, 11) is 0. The van der Waals surface area contributed by atoms with Crippen LogP contribution in [-0.4, -0.2) is 11.9 Å². The second-order valence-corrected chi connectivity index (χ2v) is 5.12. The molecule has 98 valence electrons. The third kappa shape index (κ3) is 3.25. The summed E-state index contributed by atoms with van der Waals surface area (Å²) in [6, 6.07) is 5.79. The van der Waals surface area contributed by atoms with E-state index in [0.717, 1.165) is 29.7 Å². The normalized spacial score (nSPS) is 17.2. The van der Waals surface area contributed by atoms with E-state index in [0.29, 0.717) is 6.10 Å². The zero-order chi connectivity index (χ0) is 13.0. The van der Waals surface area contributed by atoms with Crippen molar-refractivity contribution < 1.29 is 4.74 Å². The first kappa shape index (κ1) is 12.9. The molecule has 0 aliphatic heterocycles. The van der Waals surface area contributed by atoms with E-state index in [9.17, 15) is 0 Å². The lowest BCUT2D eigenvalue weighted by molar-refractivity contribution is 0.183. The molecule has 0 unspecified atom stereocenters. The summed E-state index contributed by atoms with van der Waals surface area (Å²) < 4.78 is 6.04. The molecule has 1 aliphatic rings. The fraction of sp³-hybridized carbons (Fsp3) is 0.533. The highest BCUT2D eigenvalue weighted by molar-refractivity contribution is 5.96. The van der Waals surface area contributed by atoms with Crippen LogP contribution in [0.2, 0.25) is 0 Å². The van der Waals surface area contributed by atoms with Crippen molar-refractivity contribution >= 4 is 5.84 Å². The van der Waals surface area contributed by atoms with Crippen LogP contribution in [0.4, 0.5) is 0 Å². The fourth-order valence-electron chi connectivity index (χ4n) is 2.56. The lowest BCUT2D eigenvalue weighted by Gasteiger charge is -2.18. The molecule has 3 heteroatoms. The summed E-state index contributed by atoms with van der Waals surface area (Å²) in [5.41, 5.74) is 7.31. The molecule has 0 heterocycles. The molecule has 2 rings (SSSR count). The van der Waals surface area contributed by atoms with Crippen molar-refractivity contribution in [1.82, 2.24) is 0 Å². The van der Waals surface area contributed by atoms with E-state index >= 15 is 0 Å². The van der Waals surface area contributed by atoms with Gasteiger partial charge in [-0.15, -0.1) is 0 Å². The summed E-state index contributed by atoms with van der Waals surface area (Å²) in [5, 5.41) is 7.47. The Morgan fingerprint density at radius 3 is 2.44 bits per heavy atom. The van der Waals surface area contributed by atoms with Crippen molar-refractivity contribution in [3.05, 3.63) is 29.3 Å². The molecule has 0 bridgehead atoms. The minimum atomic E-state index is 0.119. The van der Waals surface area contributed by atoms with Crippen LogP contribution in [0.1, 0.15) is 49.7 Å². The van der Waals surface area contributed by atoms with Gasteiger partial charge < -0.3 is 10.5 Å². The second kappa shape index (κ2) is 5.89. The van der Waals surface area contributed by atoms with Gasteiger partial charge in [0.25, 0.3) is 0 Å². The van der Waals surface area contributed by atoms with Gasteiger partial charge in [0.05, 0.1) is 6.10 Å². The average molecular weight is 246 g/mol. The van der Waals surface area contributed by atoms with Crippen molar-refractivity contribution in [2.24, 2.45) is 5.73 Å². The maximum atomic E-state index is 7.47. The van der Waals surface area contributed by atoms with Crippen LogP contribution in [0.3, 0.4) is 0 Å². The summed E-state index contributed by atoms with van der Waals surface area (Å²) in [6.07, 6.45) is 7.89. The minimum Gasteiger partial charge on any atom is -0.490 e. The molecule has 0 atom stereocenters. The Morgan fingerprint density at radius 1 is 1.22 bits per heavy atom. The first-order valence-electron chi connectivity index (χ1n) is 6.78. The van der Waals surface area contributed by atoms with Gasteiger partial charge in [0.2, 0.25) is 0 Å². The number of nitrogens with two attached hydrogens (primary N) is 1. The second-order valence-electron chi connectivity index (χ2n) is 5.12. The third-order valence-electron chi connectivity index (χ3n) is 3.59. The zero-order valence-electron chi connectivity index (χ0n) is 11.0. The van der Waals surface area contributed by atoms with Gasteiger partial charge in [0, 0.05) is 5.56 Å². The summed E-state index contributed by atoms with van der Waals surface area (Å²) in [4.78, 5) is 0. The first-order valence-corrected chi connectivity index (χ1v) is 6.78. The molecule has 1 aromatic rings. The molecule has 1 aliphatic carbocycles. The van der Waals surface area contributed by atoms with E-state index in [-0.39, 0.29) is 5.84 Å². The predicted octanol–water partition coefficient (Wildman–Crippen LogP) is 3.38. The fourth-order valence-corrected chi connectivity index (χ4v) is 2.56. The summed E-state index contributed by atoms with van der Waals surface area (Å²) in [6.45, 7) is 1.97. The minimum absolute atomic E-state index is 0.119. The Bertz CT molecular complexity index is 421. The molecule has 1 fully saturated rings. The Morgan fingerprint density at radius 2 is 1.89 bits per heavy atom. The van der Waals surface area contributed by atoms with Crippen LogP contribution >= 0.6 is 0 Å². The Hall–Kier alpha value is -1.51. The van der Waals surface area contributed by atoms with Crippen molar-refractivity contribution in [3.8, 4) is 5.75 Å². The molecule has 18 heavy (non-hydrogen) atoms. The number of rotatable bonds is 3. The van der Waals surface area contributed by atoms with Gasteiger partial charge in [-0.25, -0.2) is 0 Å². The highest BCUT2D eigenvalue weighted by Gasteiger charge is 2.14. The first-order chi connectivity index (χ1) is 8.66. The van der Waals surface area contributed by atoms with E-state index < -0.39 is 0 Å². The Kier molecular flexibility index (Phi) is 4.24. The number of amidine groups is 1. The molecule has 3 nitrogen and oxygen atoms in total. The third-order valence-corrected chi connectivity index (χ3v) is 3.59. The number of hydrogen-bond donors (Lipinski definition) is 2. The van der Waals surface area contributed by atoms with Crippen molar-refractivity contribution in [1.29, 1.82) is 5.41 Å². The predicted molar refractivity (Wildman–Crippen MR) is 74.3 cm³/mol. The molecule has 1 saturated carbocycles. The van der Waals surface area contributed by atoms with E-state index in [1.807, 2.05) is 25.1 Å². The van der Waals surface area contributed by atoms with Crippen LogP contribution in [0.25, 0.3) is 0 Å². The molecule has 0 aromatic heterocycles. The molecule has 0 spiro atoms. The number of nitrogens with one attached hydrogen (secondary N) is 1. The highest BCUT2D eigenvalue weighted by Crippen LogP contribution is 2.24. The molecular formula is C15H22N2O. The number of hydrogen-bond acceptors (Lipinski definition) is 2. The summed E-state index contributed by atoms with van der Waals surface area (Å²) in [5.74, 6) is 1.03. The number of nitrogen functional groups attached to an aromatic ring is 1. The number of ether oxygens (including phenoxy) is 1. The van der Waals surface area contributed by atoms with Crippen molar-refractivity contribution in [2.75, 3.05) is 0 Å². The topological polar surface area (TPSA) is 59.1 Å². The maximum Gasteiger partial charge on any atom is 0.123 e. The van der Waals surface area contributed by atoms with Crippen molar-refractivity contribution in [3.63, 3.8) is 0 Å². The number of benzene rings is 1. The average Bonchev–Trinajstić information content (AvgIpc) is 2.57. The lowest BCUT2D eigenvalue weighted by atomic mass is 10.1. The molecule has 0 amide bonds. The van der Waals surface area contributed by atoms with E-state index in [1.165, 1.54) is 25.7 Å². The van der Waals surface area contributed by atoms with Gasteiger partial charge >= 0.3 is 0 Å². The quantitative estimate of drug-likeness (QED) is 0.488. The van der Waals surface area contributed by atoms with Gasteiger partial charge in [-0.1, -0.05) is 12.8 Å².